The molecule has 5 nitrogen and oxygen atoms in total. The van der Waals surface area contributed by atoms with Crippen molar-refractivity contribution in [3.8, 4) is 0 Å². The Hall–Kier alpha value is -2.01. The van der Waals surface area contributed by atoms with Gasteiger partial charge in [0.15, 0.2) is 0 Å². The molecule has 2 aromatic rings. The summed E-state index contributed by atoms with van der Waals surface area (Å²) >= 11 is 0. The molecule has 2 aromatic heterocycles. The molecule has 21 heavy (non-hydrogen) atoms. The van der Waals surface area contributed by atoms with E-state index < -0.39 is 0 Å². The molecule has 0 aliphatic carbocycles. The fourth-order valence-electron chi connectivity index (χ4n) is 3.09. The Balaban J connectivity index is 1.93. The first-order chi connectivity index (χ1) is 10.1. The zero-order valence-electron chi connectivity index (χ0n) is 12.5. The number of hydrogen-bond acceptors (Lipinski definition) is 4. The molecule has 0 aromatic carbocycles. The summed E-state index contributed by atoms with van der Waals surface area (Å²) in [5, 5.41) is 0. The van der Waals surface area contributed by atoms with Crippen molar-refractivity contribution < 1.29 is 0 Å². The van der Waals surface area contributed by atoms with Crippen LogP contribution in [0.4, 0.5) is 0 Å². The smallest absolute Gasteiger partial charge is 0.251 e. The molecular formula is C16H20N4O. The van der Waals surface area contributed by atoms with Gasteiger partial charge in [0.2, 0.25) is 0 Å². The minimum atomic E-state index is -0.221. The van der Waals surface area contributed by atoms with Gasteiger partial charge in [0.25, 0.3) is 5.56 Å². The summed E-state index contributed by atoms with van der Waals surface area (Å²) in [5.41, 5.74) is 1.65. The van der Waals surface area contributed by atoms with Crippen molar-refractivity contribution in [1.29, 1.82) is 0 Å². The number of rotatable bonds is 3. The van der Waals surface area contributed by atoms with E-state index in [0.29, 0.717) is 0 Å². The molecule has 1 unspecified atom stereocenters. The maximum absolute atomic E-state index is 11.8. The number of nitrogens with zero attached hydrogens (tertiary/aromatic N) is 3. The molecule has 1 saturated heterocycles. The van der Waals surface area contributed by atoms with Gasteiger partial charge in [0.05, 0.1) is 5.54 Å². The predicted octanol–water partition coefficient (Wildman–Crippen LogP) is 1.98. The molecule has 0 bridgehead atoms. The first kappa shape index (κ1) is 13.9. The number of hydrogen-bond donors (Lipinski definition) is 1. The van der Waals surface area contributed by atoms with Crippen LogP contribution >= 0.6 is 0 Å². The summed E-state index contributed by atoms with van der Waals surface area (Å²) in [6.45, 7) is 5.85. The van der Waals surface area contributed by atoms with Crippen LogP contribution in [-0.4, -0.2) is 26.4 Å². The Kier molecular flexibility index (Phi) is 3.59. The number of aromatic nitrogens is 3. The Morgan fingerprint density at radius 3 is 3.05 bits per heavy atom. The molecular weight excluding hydrogens is 264 g/mol. The second-order valence-electron chi connectivity index (χ2n) is 5.90. The molecule has 0 saturated carbocycles. The zero-order chi connectivity index (χ0) is 14.9. The van der Waals surface area contributed by atoms with E-state index in [1.807, 2.05) is 19.2 Å². The van der Waals surface area contributed by atoms with Gasteiger partial charge >= 0.3 is 0 Å². The lowest BCUT2D eigenvalue weighted by atomic mass is 9.97. The lowest BCUT2D eigenvalue weighted by Crippen LogP contribution is -2.40. The minimum absolute atomic E-state index is 0.0769. The van der Waals surface area contributed by atoms with Gasteiger partial charge in [-0.15, -0.1) is 0 Å². The minimum Gasteiger partial charge on any atom is -0.309 e. The molecule has 0 amide bonds. The molecule has 1 N–H and O–H groups in total. The normalized spacial score (nSPS) is 22.6. The Bertz CT molecular complexity index is 682. The quantitative estimate of drug-likeness (QED) is 0.936. The second kappa shape index (κ2) is 5.41. The van der Waals surface area contributed by atoms with Crippen LogP contribution in [0, 0.1) is 6.92 Å². The average molecular weight is 284 g/mol. The van der Waals surface area contributed by atoms with Crippen LogP contribution in [0.5, 0.6) is 0 Å². The van der Waals surface area contributed by atoms with Crippen molar-refractivity contribution in [2.45, 2.75) is 38.8 Å². The van der Waals surface area contributed by atoms with Crippen LogP contribution in [0.3, 0.4) is 0 Å². The van der Waals surface area contributed by atoms with Crippen LogP contribution in [0.25, 0.3) is 0 Å². The van der Waals surface area contributed by atoms with Crippen molar-refractivity contribution in [1.82, 2.24) is 19.9 Å². The van der Waals surface area contributed by atoms with E-state index in [0.717, 1.165) is 37.4 Å². The fraction of sp³-hybridized carbons (Fsp3) is 0.438. The van der Waals surface area contributed by atoms with Crippen molar-refractivity contribution in [3.05, 3.63) is 58.0 Å². The lowest BCUT2D eigenvalue weighted by molar-refractivity contribution is 0.137. The zero-order valence-corrected chi connectivity index (χ0v) is 12.5. The summed E-state index contributed by atoms with van der Waals surface area (Å²) in [5.74, 6) is 0.772. The van der Waals surface area contributed by atoms with Gasteiger partial charge < -0.3 is 4.98 Å². The van der Waals surface area contributed by atoms with Gasteiger partial charge in [0, 0.05) is 30.7 Å². The van der Waals surface area contributed by atoms with E-state index in [1.165, 1.54) is 11.6 Å². The van der Waals surface area contributed by atoms with E-state index in [1.54, 1.807) is 6.20 Å². The van der Waals surface area contributed by atoms with E-state index in [2.05, 4.69) is 32.8 Å². The molecule has 1 aliphatic heterocycles. The Labute approximate surface area is 124 Å². The molecule has 1 fully saturated rings. The topological polar surface area (TPSA) is 61.9 Å². The number of nitrogens with one attached hydrogen (secondary N) is 1. The third-order valence-corrected chi connectivity index (χ3v) is 4.27. The molecule has 3 rings (SSSR count). The van der Waals surface area contributed by atoms with Crippen LogP contribution in [0.1, 0.15) is 36.8 Å². The molecule has 3 heterocycles. The summed E-state index contributed by atoms with van der Waals surface area (Å²) in [6.07, 6.45) is 5.78. The maximum Gasteiger partial charge on any atom is 0.251 e. The van der Waals surface area contributed by atoms with Gasteiger partial charge in [-0.1, -0.05) is 6.07 Å². The highest BCUT2D eigenvalue weighted by molar-refractivity contribution is 5.15. The number of pyridine rings is 1. The third kappa shape index (κ3) is 2.74. The highest BCUT2D eigenvalue weighted by Crippen LogP contribution is 2.37. The average Bonchev–Trinajstić information content (AvgIpc) is 2.82. The van der Waals surface area contributed by atoms with Gasteiger partial charge in [-0.2, -0.15) is 0 Å². The number of aryl methyl sites for hydroxylation is 1. The van der Waals surface area contributed by atoms with Crippen molar-refractivity contribution in [2.75, 3.05) is 6.54 Å². The Morgan fingerprint density at radius 2 is 2.33 bits per heavy atom. The van der Waals surface area contributed by atoms with E-state index in [-0.39, 0.29) is 11.1 Å². The molecule has 0 radical (unpaired) electrons. The van der Waals surface area contributed by atoms with E-state index in [9.17, 15) is 4.79 Å². The molecule has 1 aliphatic rings. The number of likely N-dealkylation sites (tertiary alicyclic amines) is 1. The first-order valence-corrected chi connectivity index (χ1v) is 7.30. The van der Waals surface area contributed by atoms with E-state index in [4.69, 9.17) is 0 Å². The van der Waals surface area contributed by atoms with Crippen molar-refractivity contribution in [2.24, 2.45) is 0 Å². The Morgan fingerprint density at radius 1 is 1.48 bits per heavy atom. The van der Waals surface area contributed by atoms with Gasteiger partial charge in [-0.25, -0.2) is 4.98 Å². The largest absolute Gasteiger partial charge is 0.309 e. The van der Waals surface area contributed by atoms with Crippen LogP contribution < -0.4 is 5.56 Å². The summed E-state index contributed by atoms with van der Waals surface area (Å²) in [7, 11) is 0. The van der Waals surface area contributed by atoms with Crippen LogP contribution in [0.2, 0.25) is 0 Å². The molecule has 5 heteroatoms. The highest BCUT2D eigenvalue weighted by atomic mass is 16.1. The van der Waals surface area contributed by atoms with Crippen molar-refractivity contribution >= 4 is 0 Å². The third-order valence-electron chi connectivity index (χ3n) is 4.27. The van der Waals surface area contributed by atoms with Crippen LogP contribution in [-0.2, 0) is 12.1 Å². The SMILES string of the molecule is Cc1cc(=O)[nH]c(C2(C)CCCN2Cc2cccnc2)n1. The van der Waals surface area contributed by atoms with E-state index >= 15 is 0 Å². The van der Waals surface area contributed by atoms with Gasteiger partial charge in [-0.05, 0) is 44.9 Å². The molecule has 1 atom stereocenters. The second-order valence-corrected chi connectivity index (χ2v) is 5.90. The monoisotopic (exact) mass is 284 g/mol. The summed E-state index contributed by atoms with van der Waals surface area (Å²) in [4.78, 5) is 25.8. The lowest BCUT2D eigenvalue weighted by Gasteiger charge is -2.34. The summed E-state index contributed by atoms with van der Waals surface area (Å²) < 4.78 is 0. The number of aromatic amines is 1. The fourth-order valence-corrected chi connectivity index (χ4v) is 3.09. The summed E-state index contributed by atoms with van der Waals surface area (Å²) in [6, 6.07) is 5.57. The van der Waals surface area contributed by atoms with Gasteiger partial charge in [0.1, 0.15) is 5.82 Å². The van der Waals surface area contributed by atoms with Gasteiger partial charge in [-0.3, -0.25) is 14.7 Å². The van der Waals surface area contributed by atoms with Crippen LogP contribution in [0.15, 0.2) is 35.4 Å². The molecule has 0 spiro atoms. The first-order valence-electron chi connectivity index (χ1n) is 7.30. The maximum atomic E-state index is 11.8. The molecule has 110 valence electrons. The number of H-pyrrole nitrogens is 1. The predicted molar refractivity (Wildman–Crippen MR) is 80.8 cm³/mol. The highest BCUT2D eigenvalue weighted by Gasteiger charge is 2.40. The van der Waals surface area contributed by atoms with Crippen molar-refractivity contribution in [3.63, 3.8) is 0 Å². The standard InChI is InChI=1S/C16H20N4O/c1-12-9-14(21)19-15(18-12)16(2)6-4-8-20(16)11-13-5-3-7-17-10-13/h3,5,7,9-10H,4,6,8,11H2,1-2H3,(H,18,19,21).